The number of pyridine rings is 4. The second-order valence-electron chi connectivity index (χ2n) is 9.99. The highest BCUT2D eigenvalue weighted by atomic mass is 16.1. The third kappa shape index (κ3) is 4.67. The van der Waals surface area contributed by atoms with Crippen LogP contribution in [-0.4, -0.2) is 59.1 Å². The van der Waals surface area contributed by atoms with E-state index in [-0.39, 0.29) is 5.91 Å². The molecule has 0 unspecified atom stereocenters. The molecule has 4 N–H and O–H groups in total. The van der Waals surface area contributed by atoms with E-state index in [1.165, 1.54) is 0 Å². The summed E-state index contributed by atoms with van der Waals surface area (Å²) in [5.74, 6) is 1.04. The first-order valence-electron chi connectivity index (χ1n) is 13.3. The fraction of sp³-hybridized carbons (Fsp3) is 0.207. The molecule has 1 saturated heterocycles. The summed E-state index contributed by atoms with van der Waals surface area (Å²) in [7, 11) is 0. The number of rotatable bonds is 6. The van der Waals surface area contributed by atoms with Crippen molar-refractivity contribution in [2.24, 2.45) is 5.92 Å². The van der Waals surface area contributed by atoms with E-state index in [9.17, 15) is 4.79 Å². The quantitative estimate of drug-likeness (QED) is 0.248. The molecule has 0 aromatic carbocycles. The Balaban J connectivity index is 1.19. The number of H-pyrrole nitrogens is 2. The normalized spacial score (nSPS) is 14.1. The van der Waals surface area contributed by atoms with Crippen molar-refractivity contribution in [1.82, 2.24) is 45.4 Å². The van der Waals surface area contributed by atoms with Crippen LogP contribution in [0.15, 0.2) is 67.5 Å². The van der Waals surface area contributed by atoms with Gasteiger partial charge in [-0.2, -0.15) is 5.10 Å². The molecule has 0 atom stereocenters. The molecule has 40 heavy (non-hydrogen) atoms. The lowest BCUT2D eigenvalue weighted by molar-refractivity contribution is -0.117. The Hall–Kier alpha value is -5.03. The van der Waals surface area contributed by atoms with Crippen LogP contribution in [0.4, 0.5) is 5.69 Å². The fourth-order valence-corrected chi connectivity index (χ4v) is 5.26. The van der Waals surface area contributed by atoms with Gasteiger partial charge in [0, 0.05) is 59.7 Å². The average Bonchev–Trinajstić information content (AvgIpc) is 3.62. The summed E-state index contributed by atoms with van der Waals surface area (Å²) in [6.07, 6.45) is 13.1. The highest BCUT2D eigenvalue weighted by molar-refractivity contribution is 5.96. The monoisotopic (exact) mass is 530 g/mol. The van der Waals surface area contributed by atoms with E-state index in [0.717, 1.165) is 59.1 Å². The Morgan fingerprint density at radius 3 is 2.67 bits per heavy atom. The van der Waals surface area contributed by atoms with Gasteiger partial charge in [0.1, 0.15) is 5.69 Å². The van der Waals surface area contributed by atoms with Gasteiger partial charge in [0.2, 0.25) is 5.91 Å². The summed E-state index contributed by atoms with van der Waals surface area (Å²) in [6.45, 7) is 1.94. The Labute approximate surface area is 228 Å². The van der Waals surface area contributed by atoms with Gasteiger partial charge in [-0.15, -0.1) is 0 Å². The number of amides is 1. The van der Waals surface area contributed by atoms with Crippen molar-refractivity contribution in [3.05, 3.63) is 67.5 Å². The maximum Gasteiger partial charge on any atom is 0.224 e. The van der Waals surface area contributed by atoms with E-state index in [1.54, 1.807) is 31.0 Å². The molecule has 7 heterocycles. The molecule has 0 bridgehead atoms. The SMILES string of the molecule is O=C(CC1CCNCC1)Nc1cncc(-c2cnc3n[nH]c(-c4nc5nccc(-c6cccnc6)c5[nH]4)c3c2)c1. The van der Waals surface area contributed by atoms with Gasteiger partial charge in [0.15, 0.2) is 17.1 Å². The van der Waals surface area contributed by atoms with Crippen LogP contribution in [0.2, 0.25) is 0 Å². The predicted octanol–water partition coefficient (Wildman–Crippen LogP) is 4.35. The predicted molar refractivity (Wildman–Crippen MR) is 152 cm³/mol. The molecular formula is C29H26N10O. The van der Waals surface area contributed by atoms with Crippen LogP contribution in [0.5, 0.6) is 0 Å². The van der Waals surface area contributed by atoms with Crippen molar-refractivity contribution < 1.29 is 4.79 Å². The van der Waals surface area contributed by atoms with Crippen molar-refractivity contribution >= 4 is 33.8 Å². The first kappa shape index (κ1) is 24.0. The molecular weight excluding hydrogens is 504 g/mol. The lowest BCUT2D eigenvalue weighted by Crippen LogP contribution is -2.30. The molecule has 1 fully saturated rings. The Kier molecular flexibility index (Phi) is 6.17. The third-order valence-corrected chi connectivity index (χ3v) is 7.30. The van der Waals surface area contributed by atoms with Crippen molar-refractivity contribution in [3.8, 4) is 33.8 Å². The molecule has 11 heteroatoms. The number of aromatic nitrogens is 8. The number of carbonyl (C=O) groups is 1. The fourth-order valence-electron chi connectivity index (χ4n) is 5.26. The third-order valence-electron chi connectivity index (χ3n) is 7.30. The Bertz CT molecular complexity index is 1820. The zero-order valence-electron chi connectivity index (χ0n) is 21.6. The summed E-state index contributed by atoms with van der Waals surface area (Å²) < 4.78 is 0. The lowest BCUT2D eigenvalue weighted by atomic mass is 9.94. The summed E-state index contributed by atoms with van der Waals surface area (Å²) in [6, 6.07) is 9.76. The van der Waals surface area contributed by atoms with Crippen LogP contribution in [0.3, 0.4) is 0 Å². The Morgan fingerprint density at radius 1 is 0.925 bits per heavy atom. The number of nitrogens with zero attached hydrogens (tertiary/aromatic N) is 6. The van der Waals surface area contributed by atoms with Crippen LogP contribution in [0, 0.1) is 5.92 Å². The minimum atomic E-state index is 0.0145. The smallest absolute Gasteiger partial charge is 0.224 e. The summed E-state index contributed by atoms with van der Waals surface area (Å²) in [5, 5.41) is 14.6. The van der Waals surface area contributed by atoms with Crippen molar-refractivity contribution in [1.29, 1.82) is 0 Å². The van der Waals surface area contributed by atoms with Crippen LogP contribution in [-0.2, 0) is 4.79 Å². The summed E-state index contributed by atoms with van der Waals surface area (Å²) >= 11 is 0. The molecule has 6 aromatic rings. The largest absolute Gasteiger partial charge is 0.335 e. The molecule has 0 radical (unpaired) electrons. The zero-order valence-corrected chi connectivity index (χ0v) is 21.6. The van der Waals surface area contributed by atoms with E-state index in [2.05, 4.69) is 45.8 Å². The molecule has 0 saturated carbocycles. The second-order valence-corrected chi connectivity index (χ2v) is 9.99. The van der Waals surface area contributed by atoms with Gasteiger partial charge in [0.25, 0.3) is 0 Å². The topological polar surface area (TPSA) is 150 Å². The summed E-state index contributed by atoms with van der Waals surface area (Å²) in [4.78, 5) is 38.4. The first-order chi connectivity index (χ1) is 19.7. The second kappa shape index (κ2) is 10.3. The van der Waals surface area contributed by atoms with Crippen LogP contribution in [0.25, 0.3) is 56.0 Å². The number of aromatic amines is 2. The number of hydrogen-bond acceptors (Lipinski definition) is 8. The van der Waals surface area contributed by atoms with E-state index >= 15 is 0 Å². The summed E-state index contributed by atoms with van der Waals surface area (Å²) in [5.41, 5.74) is 6.97. The minimum absolute atomic E-state index is 0.0145. The Morgan fingerprint density at radius 2 is 1.80 bits per heavy atom. The van der Waals surface area contributed by atoms with Crippen molar-refractivity contribution in [3.63, 3.8) is 0 Å². The van der Waals surface area contributed by atoms with Gasteiger partial charge < -0.3 is 15.6 Å². The van der Waals surface area contributed by atoms with Gasteiger partial charge in [0.05, 0.1) is 22.8 Å². The standard InChI is InChI=1S/C29H26N10O/c40-24(10-17-3-7-30-8-4-17)35-21-11-19(14-32-16-21)20-12-23-26(38-39-27(23)34-15-20)29-36-25-22(5-9-33-28(25)37-29)18-2-1-6-31-13-18/h1-2,5-6,9,11-17,30H,3-4,7-8,10H2,(H,35,40)(H,33,36,37)(H,34,38,39). The molecule has 7 rings (SSSR count). The molecule has 6 aromatic heterocycles. The maximum atomic E-state index is 12.7. The number of nitrogens with one attached hydrogen (secondary N) is 4. The highest BCUT2D eigenvalue weighted by Gasteiger charge is 2.18. The molecule has 11 nitrogen and oxygen atoms in total. The number of piperidine rings is 1. The number of anilines is 1. The van der Waals surface area contributed by atoms with Crippen LogP contribution >= 0.6 is 0 Å². The number of hydrogen-bond donors (Lipinski definition) is 4. The van der Waals surface area contributed by atoms with Crippen LogP contribution in [0.1, 0.15) is 19.3 Å². The number of carbonyl (C=O) groups excluding carboxylic acids is 1. The minimum Gasteiger partial charge on any atom is -0.335 e. The molecule has 0 aliphatic carbocycles. The molecule has 198 valence electrons. The number of imidazole rings is 1. The zero-order chi connectivity index (χ0) is 26.9. The van der Waals surface area contributed by atoms with Gasteiger partial charge in [-0.3, -0.25) is 19.9 Å². The lowest BCUT2D eigenvalue weighted by Gasteiger charge is -2.21. The molecule has 1 aliphatic heterocycles. The van der Waals surface area contributed by atoms with E-state index in [1.807, 2.05) is 36.5 Å². The van der Waals surface area contributed by atoms with Crippen molar-refractivity contribution in [2.45, 2.75) is 19.3 Å². The van der Waals surface area contributed by atoms with E-state index in [0.29, 0.717) is 40.8 Å². The van der Waals surface area contributed by atoms with Gasteiger partial charge in [-0.1, -0.05) is 6.07 Å². The van der Waals surface area contributed by atoms with Gasteiger partial charge in [-0.05, 0) is 56.1 Å². The number of fused-ring (bicyclic) bond motifs is 2. The van der Waals surface area contributed by atoms with E-state index in [4.69, 9.17) is 4.98 Å². The van der Waals surface area contributed by atoms with Crippen LogP contribution < -0.4 is 10.6 Å². The average molecular weight is 531 g/mol. The van der Waals surface area contributed by atoms with E-state index < -0.39 is 0 Å². The molecule has 0 spiro atoms. The van der Waals surface area contributed by atoms with Gasteiger partial charge in [-0.25, -0.2) is 15.0 Å². The van der Waals surface area contributed by atoms with Gasteiger partial charge >= 0.3 is 0 Å². The highest BCUT2D eigenvalue weighted by Crippen LogP contribution is 2.32. The maximum absolute atomic E-state index is 12.7. The van der Waals surface area contributed by atoms with Crippen molar-refractivity contribution in [2.75, 3.05) is 18.4 Å². The molecule has 1 aliphatic rings. The molecule has 1 amide bonds. The first-order valence-corrected chi connectivity index (χ1v) is 13.3.